The van der Waals surface area contributed by atoms with Crippen LogP contribution in [0.25, 0.3) is 16.5 Å². The molecule has 0 atom stereocenters. The number of H-pyrrole nitrogens is 1. The first-order chi connectivity index (χ1) is 13.9. The lowest BCUT2D eigenvalue weighted by Gasteiger charge is -2.08. The number of hydrogen-bond donors (Lipinski definition) is 2. The van der Waals surface area contributed by atoms with E-state index in [2.05, 4.69) is 25.5 Å². The number of thiophene rings is 1. The molecular weight excluding hydrogens is 392 g/mol. The molecule has 0 bridgehead atoms. The van der Waals surface area contributed by atoms with Crippen LogP contribution in [0.1, 0.15) is 22.7 Å². The second-order valence-corrected chi connectivity index (χ2v) is 7.49. The number of aromatic nitrogens is 5. The lowest BCUT2D eigenvalue weighted by molar-refractivity contribution is -0.115. The van der Waals surface area contributed by atoms with E-state index in [1.165, 1.54) is 22.1 Å². The van der Waals surface area contributed by atoms with Gasteiger partial charge >= 0.3 is 0 Å². The van der Waals surface area contributed by atoms with Crippen molar-refractivity contribution in [2.45, 2.75) is 27.2 Å². The first-order valence-electron chi connectivity index (χ1n) is 8.84. The Bertz CT molecular complexity index is 1220. The van der Waals surface area contributed by atoms with Gasteiger partial charge in [0.25, 0.3) is 5.56 Å². The molecule has 0 saturated heterocycles. The summed E-state index contributed by atoms with van der Waals surface area (Å²) in [5.41, 5.74) is 2.33. The Morgan fingerprint density at radius 3 is 2.79 bits per heavy atom. The van der Waals surface area contributed by atoms with E-state index in [0.717, 1.165) is 10.4 Å². The third kappa shape index (κ3) is 3.87. The van der Waals surface area contributed by atoms with Gasteiger partial charge in [-0.25, -0.2) is 4.98 Å². The van der Waals surface area contributed by atoms with Gasteiger partial charge < -0.3 is 9.84 Å². The fourth-order valence-electron chi connectivity index (χ4n) is 2.94. The van der Waals surface area contributed by atoms with Gasteiger partial charge in [0.2, 0.25) is 11.9 Å². The lowest BCUT2D eigenvalue weighted by atomic mass is 10.1. The summed E-state index contributed by atoms with van der Waals surface area (Å²) < 4.78 is 6.55. The average molecular weight is 410 g/mol. The summed E-state index contributed by atoms with van der Waals surface area (Å²) in [7, 11) is 0. The van der Waals surface area contributed by atoms with Crippen LogP contribution in [0.2, 0.25) is 0 Å². The molecule has 0 aliphatic heterocycles. The highest BCUT2D eigenvalue weighted by molar-refractivity contribution is 7.13. The molecule has 0 unspecified atom stereocenters. The first-order valence-corrected chi connectivity index (χ1v) is 9.72. The van der Waals surface area contributed by atoms with Gasteiger partial charge in [-0.1, -0.05) is 11.2 Å². The summed E-state index contributed by atoms with van der Waals surface area (Å²) in [6.45, 7) is 5.28. The van der Waals surface area contributed by atoms with Crippen LogP contribution in [0.3, 0.4) is 0 Å². The van der Waals surface area contributed by atoms with Crippen LogP contribution >= 0.6 is 11.3 Å². The van der Waals surface area contributed by atoms with Gasteiger partial charge in [-0.2, -0.15) is 9.78 Å². The number of aryl methyl sites for hydroxylation is 3. The second-order valence-electron chi connectivity index (χ2n) is 6.54. The maximum Gasteiger partial charge on any atom is 0.252 e. The van der Waals surface area contributed by atoms with Gasteiger partial charge in [-0.3, -0.25) is 14.6 Å². The molecule has 148 valence electrons. The Morgan fingerprint density at radius 2 is 2.14 bits per heavy atom. The van der Waals surface area contributed by atoms with Crippen LogP contribution in [-0.2, 0) is 11.2 Å². The van der Waals surface area contributed by atoms with E-state index < -0.39 is 0 Å². The van der Waals surface area contributed by atoms with Crippen molar-refractivity contribution in [2.24, 2.45) is 0 Å². The topological polar surface area (TPSA) is 119 Å². The first kappa shape index (κ1) is 18.8. The van der Waals surface area contributed by atoms with Crippen LogP contribution in [0.15, 0.2) is 39.0 Å². The van der Waals surface area contributed by atoms with E-state index in [-0.39, 0.29) is 23.8 Å². The number of aromatic amines is 1. The van der Waals surface area contributed by atoms with Crippen molar-refractivity contribution in [2.75, 3.05) is 5.32 Å². The van der Waals surface area contributed by atoms with Crippen LogP contribution in [-0.4, -0.2) is 30.8 Å². The summed E-state index contributed by atoms with van der Waals surface area (Å²) in [5, 5.41) is 13.2. The molecule has 0 spiro atoms. The molecule has 0 aliphatic carbocycles. The number of carbonyl (C=O) groups is 1. The van der Waals surface area contributed by atoms with Gasteiger partial charge in [-0.15, -0.1) is 11.3 Å². The monoisotopic (exact) mass is 410 g/mol. The highest BCUT2D eigenvalue weighted by Crippen LogP contribution is 2.27. The molecule has 1 amide bonds. The van der Waals surface area contributed by atoms with Gasteiger partial charge in [-0.05, 0) is 32.2 Å². The van der Waals surface area contributed by atoms with Gasteiger partial charge in [0.05, 0.1) is 17.0 Å². The number of amides is 1. The van der Waals surface area contributed by atoms with E-state index in [1.54, 1.807) is 26.8 Å². The van der Waals surface area contributed by atoms with Crippen molar-refractivity contribution < 1.29 is 9.32 Å². The number of hydrogen-bond acceptors (Lipinski definition) is 7. The summed E-state index contributed by atoms with van der Waals surface area (Å²) in [4.78, 5) is 32.5. The third-order valence-corrected chi connectivity index (χ3v) is 5.22. The van der Waals surface area contributed by atoms with Crippen molar-refractivity contribution >= 4 is 23.1 Å². The van der Waals surface area contributed by atoms with Gasteiger partial charge in [0.15, 0.2) is 0 Å². The van der Waals surface area contributed by atoms with Crippen LogP contribution in [0, 0.1) is 20.8 Å². The minimum Gasteiger partial charge on any atom is -0.361 e. The van der Waals surface area contributed by atoms with Crippen molar-refractivity contribution in [3.63, 3.8) is 0 Å². The Labute approximate surface area is 169 Å². The number of rotatable bonds is 5. The zero-order valence-corrected chi connectivity index (χ0v) is 16.8. The summed E-state index contributed by atoms with van der Waals surface area (Å²) >= 11 is 1.52. The minimum atomic E-state index is -0.298. The molecule has 0 fully saturated rings. The lowest BCUT2D eigenvalue weighted by Crippen LogP contribution is -2.20. The predicted molar refractivity (Wildman–Crippen MR) is 108 cm³/mol. The molecule has 4 aromatic rings. The van der Waals surface area contributed by atoms with Gasteiger partial charge in [0, 0.05) is 23.4 Å². The predicted octanol–water partition coefficient (Wildman–Crippen LogP) is 2.78. The molecule has 2 N–H and O–H groups in total. The highest BCUT2D eigenvalue weighted by atomic mass is 32.1. The molecule has 4 heterocycles. The Kier molecular flexibility index (Phi) is 4.85. The smallest absolute Gasteiger partial charge is 0.252 e. The molecule has 4 rings (SSSR count). The summed E-state index contributed by atoms with van der Waals surface area (Å²) in [5.74, 6) is 0.979. The largest absolute Gasteiger partial charge is 0.361 e. The van der Waals surface area contributed by atoms with E-state index in [0.29, 0.717) is 28.7 Å². The molecule has 0 radical (unpaired) electrons. The van der Waals surface area contributed by atoms with Gasteiger partial charge in [0.1, 0.15) is 17.3 Å². The standard InChI is InChI=1S/C19H18N6O3S/c1-10-7-17(26)22-19(20-10)25-16(9-14(23-25)15-5-4-6-29-15)21-18(27)8-13-11(2)24-28-12(13)3/h4-7,9H,8H2,1-3H3,(H,21,27)(H,20,22,26). The number of anilines is 1. The summed E-state index contributed by atoms with van der Waals surface area (Å²) in [6.07, 6.45) is 0.110. The molecular formula is C19H18N6O3S. The molecule has 10 heteroatoms. The number of nitrogens with one attached hydrogen (secondary N) is 2. The fraction of sp³-hybridized carbons (Fsp3) is 0.211. The van der Waals surface area contributed by atoms with Crippen molar-refractivity contribution in [3.8, 4) is 16.5 Å². The molecule has 0 aromatic carbocycles. The van der Waals surface area contributed by atoms with Crippen molar-refractivity contribution in [3.05, 3.63) is 62.7 Å². The van der Waals surface area contributed by atoms with Crippen molar-refractivity contribution in [1.29, 1.82) is 0 Å². The molecule has 0 aliphatic rings. The zero-order chi connectivity index (χ0) is 20.5. The Hall–Kier alpha value is -3.53. The van der Waals surface area contributed by atoms with Crippen molar-refractivity contribution in [1.82, 2.24) is 24.9 Å². The molecule has 4 aromatic heterocycles. The maximum atomic E-state index is 12.7. The Balaban J connectivity index is 1.71. The average Bonchev–Trinajstić information content (AvgIpc) is 3.38. The normalized spacial score (nSPS) is 11.0. The fourth-order valence-corrected chi connectivity index (χ4v) is 3.62. The third-order valence-electron chi connectivity index (χ3n) is 4.33. The van der Waals surface area contributed by atoms with E-state index >= 15 is 0 Å². The quantitative estimate of drug-likeness (QED) is 0.522. The van der Waals surface area contributed by atoms with Crippen LogP contribution < -0.4 is 10.9 Å². The highest BCUT2D eigenvalue weighted by Gasteiger charge is 2.18. The SMILES string of the molecule is Cc1cc(=O)[nH]c(-n2nc(-c3cccs3)cc2NC(=O)Cc2c(C)noc2C)n1. The molecule has 0 saturated carbocycles. The number of nitrogens with zero attached hydrogens (tertiary/aromatic N) is 4. The molecule has 29 heavy (non-hydrogen) atoms. The zero-order valence-electron chi connectivity index (χ0n) is 16.0. The maximum absolute atomic E-state index is 12.7. The minimum absolute atomic E-state index is 0.110. The van der Waals surface area contributed by atoms with Crippen LogP contribution in [0.4, 0.5) is 5.82 Å². The second kappa shape index (κ2) is 7.47. The summed E-state index contributed by atoms with van der Waals surface area (Å²) in [6, 6.07) is 6.99. The Morgan fingerprint density at radius 1 is 1.31 bits per heavy atom. The number of carbonyl (C=O) groups excluding carboxylic acids is 1. The van der Waals surface area contributed by atoms with E-state index in [9.17, 15) is 9.59 Å². The molecule has 9 nitrogen and oxygen atoms in total. The van der Waals surface area contributed by atoms with Crippen LogP contribution in [0.5, 0.6) is 0 Å². The van der Waals surface area contributed by atoms with E-state index in [4.69, 9.17) is 4.52 Å². The van der Waals surface area contributed by atoms with E-state index in [1.807, 2.05) is 17.5 Å².